The summed E-state index contributed by atoms with van der Waals surface area (Å²) in [5.74, 6) is 1.64. The number of hydrogen-bond acceptors (Lipinski definition) is 3. The second-order valence-corrected chi connectivity index (χ2v) is 6.54. The van der Waals surface area contributed by atoms with Gasteiger partial charge in [0, 0.05) is 42.3 Å². The Morgan fingerprint density at radius 1 is 1.40 bits per heavy atom. The first-order chi connectivity index (χ1) is 12.1. The zero-order chi connectivity index (χ0) is 18.1. The summed E-state index contributed by atoms with van der Waals surface area (Å²) in [4.78, 5) is 4.82. The summed E-state index contributed by atoms with van der Waals surface area (Å²) in [6.45, 7) is 9.33. The summed E-state index contributed by atoms with van der Waals surface area (Å²) in [5.41, 5.74) is 0.958. The highest BCUT2D eigenvalue weighted by atomic mass is 35.5. The fourth-order valence-electron chi connectivity index (χ4n) is 3.11. The summed E-state index contributed by atoms with van der Waals surface area (Å²) in [5, 5.41) is 7.23. The molecule has 5 nitrogen and oxygen atoms in total. The van der Waals surface area contributed by atoms with Gasteiger partial charge in [0.05, 0.1) is 13.7 Å². The maximum absolute atomic E-state index is 6.28. The van der Waals surface area contributed by atoms with E-state index in [0.29, 0.717) is 31.3 Å². The SMILES string of the molecule is C=CCNC(=NCC1(c2cc(Cl)ccc2OC)CCOCC1)NCC. The van der Waals surface area contributed by atoms with E-state index in [0.717, 1.165) is 36.7 Å². The van der Waals surface area contributed by atoms with Gasteiger partial charge in [-0.25, -0.2) is 0 Å². The Labute approximate surface area is 155 Å². The van der Waals surface area contributed by atoms with Crippen LogP contribution in [0.5, 0.6) is 5.75 Å². The van der Waals surface area contributed by atoms with Crippen LogP contribution in [0, 0.1) is 0 Å². The van der Waals surface area contributed by atoms with Gasteiger partial charge in [-0.3, -0.25) is 4.99 Å². The van der Waals surface area contributed by atoms with Crippen LogP contribution in [-0.2, 0) is 10.2 Å². The van der Waals surface area contributed by atoms with Crippen molar-refractivity contribution in [1.29, 1.82) is 0 Å². The normalized spacial score (nSPS) is 17.0. The van der Waals surface area contributed by atoms with Crippen LogP contribution < -0.4 is 15.4 Å². The number of rotatable bonds is 7. The van der Waals surface area contributed by atoms with Crippen LogP contribution in [0.25, 0.3) is 0 Å². The Kier molecular flexibility index (Phi) is 7.59. The molecule has 6 heteroatoms. The number of guanidine groups is 1. The third-order valence-corrected chi connectivity index (χ3v) is 4.72. The molecule has 1 fully saturated rings. The number of nitrogens with one attached hydrogen (secondary N) is 2. The van der Waals surface area contributed by atoms with Gasteiger partial charge in [0.25, 0.3) is 0 Å². The fourth-order valence-corrected chi connectivity index (χ4v) is 3.28. The van der Waals surface area contributed by atoms with Crippen molar-refractivity contribution in [3.63, 3.8) is 0 Å². The second-order valence-electron chi connectivity index (χ2n) is 6.10. The number of nitrogens with zero attached hydrogens (tertiary/aromatic N) is 1. The molecule has 0 atom stereocenters. The highest BCUT2D eigenvalue weighted by molar-refractivity contribution is 6.30. The van der Waals surface area contributed by atoms with Gasteiger partial charge in [-0.2, -0.15) is 0 Å². The summed E-state index contributed by atoms with van der Waals surface area (Å²) >= 11 is 6.28. The molecular formula is C19H28ClN3O2. The Morgan fingerprint density at radius 3 is 2.80 bits per heavy atom. The van der Waals surface area contributed by atoms with E-state index in [1.54, 1.807) is 7.11 Å². The van der Waals surface area contributed by atoms with E-state index in [4.69, 9.17) is 26.1 Å². The van der Waals surface area contributed by atoms with Crippen molar-refractivity contribution in [2.24, 2.45) is 4.99 Å². The topological polar surface area (TPSA) is 54.9 Å². The molecule has 1 heterocycles. The van der Waals surface area contributed by atoms with Gasteiger partial charge >= 0.3 is 0 Å². The van der Waals surface area contributed by atoms with Gasteiger partial charge < -0.3 is 20.1 Å². The molecular weight excluding hydrogens is 338 g/mol. The third-order valence-electron chi connectivity index (χ3n) is 4.48. The van der Waals surface area contributed by atoms with Crippen LogP contribution in [0.4, 0.5) is 0 Å². The van der Waals surface area contributed by atoms with E-state index in [2.05, 4.69) is 24.1 Å². The maximum Gasteiger partial charge on any atom is 0.191 e. The Morgan fingerprint density at radius 2 is 2.16 bits per heavy atom. The quantitative estimate of drug-likeness (QED) is 0.443. The largest absolute Gasteiger partial charge is 0.496 e. The molecule has 1 aliphatic heterocycles. The smallest absolute Gasteiger partial charge is 0.191 e. The van der Waals surface area contributed by atoms with Crippen molar-refractivity contribution >= 4 is 17.6 Å². The van der Waals surface area contributed by atoms with E-state index >= 15 is 0 Å². The average molecular weight is 366 g/mol. The lowest BCUT2D eigenvalue weighted by molar-refractivity contribution is 0.0523. The molecule has 0 aliphatic carbocycles. The first-order valence-corrected chi connectivity index (χ1v) is 9.08. The predicted octanol–water partition coefficient (Wildman–Crippen LogP) is 3.14. The Balaban J connectivity index is 2.34. The van der Waals surface area contributed by atoms with Crippen LogP contribution in [-0.4, -0.2) is 45.9 Å². The molecule has 1 aromatic carbocycles. The van der Waals surface area contributed by atoms with Gasteiger partial charge in [-0.15, -0.1) is 6.58 Å². The molecule has 0 amide bonds. The van der Waals surface area contributed by atoms with Crippen LogP contribution in [0.1, 0.15) is 25.3 Å². The maximum atomic E-state index is 6.28. The number of methoxy groups -OCH3 is 1. The lowest BCUT2D eigenvalue weighted by atomic mass is 9.73. The summed E-state index contributed by atoms with van der Waals surface area (Å²) in [7, 11) is 1.69. The summed E-state index contributed by atoms with van der Waals surface area (Å²) in [6.07, 6.45) is 3.58. The molecule has 2 N–H and O–H groups in total. The van der Waals surface area contributed by atoms with E-state index in [1.165, 1.54) is 0 Å². The number of ether oxygens (including phenoxy) is 2. The Hall–Kier alpha value is -1.72. The molecule has 1 saturated heterocycles. The minimum atomic E-state index is -0.148. The van der Waals surface area contributed by atoms with E-state index in [1.807, 2.05) is 24.3 Å². The highest BCUT2D eigenvalue weighted by Crippen LogP contribution is 2.41. The summed E-state index contributed by atoms with van der Waals surface area (Å²) in [6, 6.07) is 5.79. The third kappa shape index (κ3) is 5.13. The second kappa shape index (κ2) is 9.68. The first kappa shape index (κ1) is 19.6. The lowest BCUT2D eigenvalue weighted by Crippen LogP contribution is -2.41. The minimum Gasteiger partial charge on any atom is -0.496 e. The fraction of sp³-hybridized carbons (Fsp3) is 0.526. The number of halogens is 1. The van der Waals surface area contributed by atoms with Crippen molar-refractivity contribution in [1.82, 2.24) is 10.6 Å². The molecule has 1 aliphatic rings. The Bertz CT molecular complexity index is 598. The number of benzene rings is 1. The monoisotopic (exact) mass is 365 g/mol. The van der Waals surface area contributed by atoms with Crippen LogP contribution in [0.2, 0.25) is 5.02 Å². The van der Waals surface area contributed by atoms with E-state index < -0.39 is 0 Å². The van der Waals surface area contributed by atoms with Gasteiger partial charge in [0.2, 0.25) is 0 Å². The molecule has 0 unspecified atom stereocenters. The molecule has 0 aromatic heterocycles. The van der Waals surface area contributed by atoms with Gasteiger partial charge in [-0.1, -0.05) is 17.7 Å². The number of hydrogen-bond donors (Lipinski definition) is 2. The van der Waals surface area contributed by atoms with Crippen molar-refractivity contribution in [3.05, 3.63) is 41.4 Å². The molecule has 0 spiro atoms. The molecule has 138 valence electrons. The zero-order valence-electron chi connectivity index (χ0n) is 15.1. The molecule has 2 rings (SSSR count). The minimum absolute atomic E-state index is 0.148. The van der Waals surface area contributed by atoms with Crippen LogP contribution in [0.15, 0.2) is 35.8 Å². The van der Waals surface area contributed by atoms with Crippen LogP contribution in [0.3, 0.4) is 0 Å². The zero-order valence-corrected chi connectivity index (χ0v) is 15.9. The van der Waals surface area contributed by atoms with Crippen LogP contribution >= 0.6 is 11.6 Å². The van der Waals surface area contributed by atoms with Crippen molar-refractivity contribution < 1.29 is 9.47 Å². The van der Waals surface area contributed by atoms with Crippen molar-refractivity contribution in [3.8, 4) is 5.75 Å². The van der Waals surface area contributed by atoms with Gasteiger partial charge in [0.15, 0.2) is 5.96 Å². The van der Waals surface area contributed by atoms with Gasteiger partial charge in [0.1, 0.15) is 5.75 Å². The van der Waals surface area contributed by atoms with Crippen molar-refractivity contribution in [2.45, 2.75) is 25.2 Å². The first-order valence-electron chi connectivity index (χ1n) is 8.70. The highest BCUT2D eigenvalue weighted by Gasteiger charge is 2.37. The number of aliphatic imine (C=N–C) groups is 1. The molecule has 0 radical (unpaired) electrons. The molecule has 1 aromatic rings. The standard InChI is InChI=1S/C19H28ClN3O2/c1-4-10-22-18(21-5-2)23-14-19(8-11-25-12-9-19)16-13-15(20)6-7-17(16)24-3/h4,6-7,13H,1,5,8-12,14H2,2-3H3,(H2,21,22,23). The lowest BCUT2D eigenvalue weighted by Gasteiger charge is -2.37. The average Bonchev–Trinajstić information content (AvgIpc) is 2.64. The van der Waals surface area contributed by atoms with E-state index in [-0.39, 0.29) is 5.41 Å². The van der Waals surface area contributed by atoms with Crippen molar-refractivity contribution in [2.75, 3.05) is 40.0 Å². The molecule has 0 bridgehead atoms. The predicted molar refractivity (Wildman–Crippen MR) is 104 cm³/mol. The van der Waals surface area contributed by atoms with E-state index in [9.17, 15) is 0 Å². The summed E-state index contributed by atoms with van der Waals surface area (Å²) < 4.78 is 11.2. The van der Waals surface area contributed by atoms with Gasteiger partial charge in [-0.05, 0) is 38.0 Å². The molecule has 25 heavy (non-hydrogen) atoms. The molecule has 0 saturated carbocycles.